The highest BCUT2D eigenvalue weighted by Crippen LogP contribution is 2.34. The van der Waals surface area contributed by atoms with Gasteiger partial charge in [-0.15, -0.1) is 11.6 Å². The smallest absolute Gasteiger partial charge is 0.141 e. The van der Waals surface area contributed by atoms with Crippen molar-refractivity contribution in [2.24, 2.45) is 0 Å². The normalized spacial score (nSPS) is 10.9. The predicted octanol–water partition coefficient (Wildman–Crippen LogP) is 5.33. The zero-order chi connectivity index (χ0) is 20.1. The third kappa shape index (κ3) is 4.55. The Morgan fingerprint density at radius 1 is 1.21 bits per heavy atom. The molecule has 1 N–H and O–H groups in total. The molecule has 0 amide bonds. The SMILES string of the molecule is C=C(CCl)COc1ccc2nccc(N(CCO)c3ccc(F)c(Cl)c3)c2c1. The molecule has 1 heterocycles. The van der Waals surface area contributed by atoms with Crippen LogP contribution < -0.4 is 9.64 Å². The second-order valence-corrected chi connectivity index (χ2v) is 6.83. The highest BCUT2D eigenvalue weighted by Gasteiger charge is 2.15. The summed E-state index contributed by atoms with van der Waals surface area (Å²) in [6, 6.07) is 11.8. The molecule has 146 valence electrons. The first kappa shape index (κ1) is 20.4. The molecule has 0 atom stereocenters. The fraction of sp³-hybridized carbons (Fsp3) is 0.190. The number of ether oxygens (including phenoxy) is 1. The van der Waals surface area contributed by atoms with Crippen LogP contribution in [0.1, 0.15) is 0 Å². The molecule has 0 aliphatic rings. The summed E-state index contributed by atoms with van der Waals surface area (Å²) in [4.78, 5) is 6.25. The van der Waals surface area contributed by atoms with Gasteiger partial charge in [-0.05, 0) is 48.0 Å². The minimum absolute atomic E-state index is 0.0161. The number of halogens is 3. The minimum Gasteiger partial charge on any atom is -0.489 e. The van der Waals surface area contributed by atoms with Gasteiger partial charge >= 0.3 is 0 Å². The lowest BCUT2D eigenvalue weighted by Gasteiger charge is -2.26. The maximum Gasteiger partial charge on any atom is 0.141 e. The number of rotatable bonds is 8. The summed E-state index contributed by atoms with van der Waals surface area (Å²) >= 11 is 11.7. The van der Waals surface area contributed by atoms with E-state index in [1.165, 1.54) is 12.1 Å². The summed E-state index contributed by atoms with van der Waals surface area (Å²) in [7, 11) is 0. The van der Waals surface area contributed by atoms with E-state index in [2.05, 4.69) is 11.6 Å². The van der Waals surface area contributed by atoms with Crippen LogP contribution in [-0.4, -0.2) is 35.7 Å². The molecule has 0 radical (unpaired) electrons. The van der Waals surface area contributed by atoms with Gasteiger partial charge in [-0.3, -0.25) is 4.98 Å². The molecule has 2 aromatic carbocycles. The zero-order valence-corrected chi connectivity index (χ0v) is 16.5. The largest absolute Gasteiger partial charge is 0.489 e. The fourth-order valence-electron chi connectivity index (χ4n) is 2.80. The van der Waals surface area contributed by atoms with Crippen molar-refractivity contribution in [1.82, 2.24) is 4.98 Å². The Kier molecular flexibility index (Phi) is 6.73. The number of aromatic nitrogens is 1. The van der Waals surface area contributed by atoms with Gasteiger partial charge in [0.1, 0.15) is 18.2 Å². The van der Waals surface area contributed by atoms with Gasteiger partial charge in [-0.1, -0.05) is 18.2 Å². The molecular weight excluding hydrogens is 402 g/mol. The van der Waals surface area contributed by atoms with Gasteiger partial charge < -0.3 is 14.7 Å². The van der Waals surface area contributed by atoms with Gasteiger partial charge in [0.05, 0.1) is 22.8 Å². The van der Waals surface area contributed by atoms with E-state index in [0.717, 1.165) is 22.2 Å². The number of hydrogen-bond donors (Lipinski definition) is 1. The Morgan fingerprint density at radius 3 is 2.75 bits per heavy atom. The van der Waals surface area contributed by atoms with E-state index in [0.29, 0.717) is 30.5 Å². The standard InChI is InChI=1S/C21H19Cl2FN2O2/c1-14(12-22)13-28-16-3-5-20-17(11-16)21(6-7-25-20)26(8-9-27)15-2-4-19(24)18(23)10-15/h2-7,10-11,27H,1,8-9,12-13H2. The molecule has 4 nitrogen and oxygen atoms in total. The average molecular weight is 421 g/mol. The minimum atomic E-state index is -0.496. The third-order valence-electron chi connectivity index (χ3n) is 4.15. The number of benzene rings is 2. The van der Waals surface area contributed by atoms with Crippen LogP contribution >= 0.6 is 23.2 Å². The summed E-state index contributed by atoms with van der Waals surface area (Å²) in [6.07, 6.45) is 1.68. The van der Waals surface area contributed by atoms with Crippen molar-refractivity contribution >= 4 is 45.5 Å². The summed E-state index contributed by atoms with van der Waals surface area (Å²) < 4.78 is 19.3. The van der Waals surface area contributed by atoms with Gasteiger partial charge in [-0.2, -0.15) is 0 Å². The molecule has 3 aromatic rings. The van der Waals surface area contributed by atoms with Crippen molar-refractivity contribution in [1.29, 1.82) is 0 Å². The molecule has 1 aromatic heterocycles. The summed E-state index contributed by atoms with van der Waals surface area (Å²) in [5.74, 6) is 0.481. The molecule has 0 unspecified atom stereocenters. The first-order chi connectivity index (χ1) is 13.5. The van der Waals surface area contributed by atoms with Crippen LogP contribution in [0.15, 0.2) is 60.8 Å². The topological polar surface area (TPSA) is 45.6 Å². The van der Waals surface area contributed by atoms with E-state index in [-0.39, 0.29) is 11.6 Å². The summed E-state index contributed by atoms with van der Waals surface area (Å²) in [6.45, 7) is 4.35. The second-order valence-electron chi connectivity index (χ2n) is 6.15. The zero-order valence-electron chi connectivity index (χ0n) is 15.0. The van der Waals surface area contributed by atoms with Crippen molar-refractivity contribution in [3.8, 4) is 5.75 Å². The first-order valence-corrected chi connectivity index (χ1v) is 9.52. The van der Waals surface area contributed by atoms with E-state index in [4.69, 9.17) is 27.9 Å². The van der Waals surface area contributed by atoms with Crippen LogP contribution in [0.4, 0.5) is 15.8 Å². The maximum absolute atomic E-state index is 13.6. The molecule has 0 aliphatic heterocycles. The number of aliphatic hydroxyl groups excluding tert-OH is 1. The number of aliphatic hydroxyl groups is 1. The molecule has 3 rings (SSSR count). The van der Waals surface area contributed by atoms with Gasteiger partial charge in [0.2, 0.25) is 0 Å². The lowest BCUT2D eigenvalue weighted by Crippen LogP contribution is -2.21. The van der Waals surface area contributed by atoms with Crippen LogP contribution in [0.25, 0.3) is 10.9 Å². The van der Waals surface area contributed by atoms with Crippen LogP contribution in [0, 0.1) is 5.82 Å². The first-order valence-electron chi connectivity index (χ1n) is 8.61. The van der Waals surface area contributed by atoms with Crippen LogP contribution in [0.3, 0.4) is 0 Å². The number of anilines is 2. The third-order valence-corrected chi connectivity index (χ3v) is 4.82. The number of hydrogen-bond acceptors (Lipinski definition) is 4. The Labute approximate surface area is 172 Å². The van der Waals surface area contributed by atoms with Crippen molar-refractivity contribution in [2.75, 3.05) is 30.5 Å². The molecule has 0 fully saturated rings. The van der Waals surface area contributed by atoms with Crippen molar-refractivity contribution < 1.29 is 14.2 Å². The van der Waals surface area contributed by atoms with E-state index < -0.39 is 5.82 Å². The van der Waals surface area contributed by atoms with E-state index >= 15 is 0 Å². The monoisotopic (exact) mass is 420 g/mol. The Morgan fingerprint density at radius 2 is 2.04 bits per heavy atom. The van der Waals surface area contributed by atoms with E-state index in [9.17, 15) is 9.50 Å². The van der Waals surface area contributed by atoms with Gasteiger partial charge in [-0.25, -0.2) is 4.39 Å². The lowest BCUT2D eigenvalue weighted by atomic mass is 10.1. The van der Waals surface area contributed by atoms with Crippen molar-refractivity contribution in [2.45, 2.75) is 0 Å². The van der Waals surface area contributed by atoms with Crippen molar-refractivity contribution in [3.63, 3.8) is 0 Å². The Hall–Kier alpha value is -2.34. The lowest BCUT2D eigenvalue weighted by molar-refractivity contribution is 0.306. The van der Waals surface area contributed by atoms with Crippen LogP contribution in [0.5, 0.6) is 5.75 Å². The quantitative estimate of drug-likeness (QED) is 0.395. The molecule has 0 aliphatic carbocycles. The number of pyridine rings is 1. The molecule has 0 bridgehead atoms. The molecule has 0 saturated heterocycles. The van der Waals surface area contributed by atoms with Crippen molar-refractivity contribution in [3.05, 3.63) is 71.7 Å². The molecule has 0 saturated carbocycles. The van der Waals surface area contributed by atoms with Gasteiger partial charge in [0.15, 0.2) is 0 Å². The Balaban J connectivity index is 2.05. The number of alkyl halides is 1. The molecular formula is C21H19Cl2FN2O2. The molecule has 7 heteroatoms. The highest BCUT2D eigenvalue weighted by atomic mass is 35.5. The highest BCUT2D eigenvalue weighted by molar-refractivity contribution is 6.31. The number of nitrogens with zero attached hydrogens (tertiary/aromatic N) is 2. The summed E-state index contributed by atoms with van der Waals surface area (Å²) in [5, 5.41) is 10.4. The predicted molar refractivity (Wildman–Crippen MR) is 113 cm³/mol. The number of fused-ring (bicyclic) bond motifs is 1. The van der Waals surface area contributed by atoms with Gasteiger partial charge in [0, 0.05) is 29.7 Å². The maximum atomic E-state index is 13.6. The van der Waals surface area contributed by atoms with E-state index in [1.807, 2.05) is 29.2 Å². The summed E-state index contributed by atoms with van der Waals surface area (Å²) in [5.41, 5.74) is 2.99. The van der Waals surface area contributed by atoms with Crippen LogP contribution in [-0.2, 0) is 0 Å². The Bertz CT molecular complexity index is 997. The van der Waals surface area contributed by atoms with Crippen LogP contribution in [0.2, 0.25) is 5.02 Å². The molecule has 0 spiro atoms. The van der Waals surface area contributed by atoms with Gasteiger partial charge in [0.25, 0.3) is 0 Å². The average Bonchev–Trinajstić information content (AvgIpc) is 2.72. The van der Waals surface area contributed by atoms with E-state index in [1.54, 1.807) is 12.3 Å². The fourth-order valence-corrected chi connectivity index (χ4v) is 3.05. The molecule has 28 heavy (non-hydrogen) atoms. The second kappa shape index (κ2) is 9.24.